The molecular formula is C18H23N5. The second-order valence-electron chi connectivity index (χ2n) is 6.10. The van der Waals surface area contributed by atoms with Gasteiger partial charge < -0.3 is 5.32 Å². The molecule has 23 heavy (non-hydrogen) atoms. The summed E-state index contributed by atoms with van der Waals surface area (Å²) in [5.41, 5.74) is 3.00. The largest absolute Gasteiger partial charge is 0.361 e. The maximum atomic E-state index is 4.66. The number of hydrogen-bond acceptors (Lipinski definition) is 4. The van der Waals surface area contributed by atoms with Gasteiger partial charge >= 0.3 is 0 Å². The Morgan fingerprint density at radius 1 is 1.17 bits per heavy atom. The van der Waals surface area contributed by atoms with Crippen molar-refractivity contribution in [2.24, 2.45) is 5.92 Å². The van der Waals surface area contributed by atoms with E-state index in [2.05, 4.69) is 53.3 Å². The van der Waals surface area contributed by atoms with Crippen LogP contribution in [-0.4, -0.2) is 19.6 Å². The van der Waals surface area contributed by atoms with E-state index in [1.165, 1.54) is 0 Å². The Morgan fingerprint density at radius 2 is 2.04 bits per heavy atom. The molecule has 3 aromatic rings. The smallest absolute Gasteiger partial charge is 0.157 e. The highest BCUT2D eigenvalue weighted by atomic mass is 15.3. The van der Waals surface area contributed by atoms with Crippen LogP contribution in [0, 0.1) is 5.92 Å². The van der Waals surface area contributed by atoms with Crippen LogP contribution >= 0.6 is 0 Å². The molecule has 0 aliphatic carbocycles. The molecule has 120 valence electrons. The zero-order valence-corrected chi connectivity index (χ0v) is 13.9. The predicted octanol–water partition coefficient (Wildman–Crippen LogP) is 3.89. The van der Waals surface area contributed by atoms with Gasteiger partial charge in [-0.15, -0.1) is 0 Å². The van der Waals surface area contributed by atoms with Gasteiger partial charge in [0, 0.05) is 24.0 Å². The highest BCUT2D eigenvalue weighted by Gasteiger charge is 2.18. The number of pyridine rings is 1. The van der Waals surface area contributed by atoms with Crippen molar-refractivity contribution < 1.29 is 0 Å². The Kier molecular flexibility index (Phi) is 4.55. The van der Waals surface area contributed by atoms with Crippen LogP contribution in [0.15, 0.2) is 42.7 Å². The van der Waals surface area contributed by atoms with E-state index < -0.39 is 0 Å². The van der Waals surface area contributed by atoms with E-state index in [1.54, 1.807) is 6.20 Å². The summed E-state index contributed by atoms with van der Waals surface area (Å²) in [6, 6.07) is 10.2. The fraction of sp³-hybridized carbons (Fsp3) is 0.389. The summed E-state index contributed by atoms with van der Waals surface area (Å²) >= 11 is 0. The first-order valence-electron chi connectivity index (χ1n) is 8.20. The zero-order chi connectivity index (χ0) is 16.2. The predicted molar refractivity (Wildman–Crippen MR) is 92.4 cm³/mol. The van der Waals surface area contributed by atoms with Crippen LogP contribution in [0.3, 0.4) is 0 Å². The normalized spacial score (nSPS) is 12.7. The molecular weight excluding hydrogens is 286 g/mol. The van der Waals surface area contributed by atoms with E-state index in [1.807, 2.05) is 28.9 Å². The van der Waals surface area contributed by atoms with Gasteiger partial charge in [0.1, 0.15) is 5.82 Å². The van der Waals surface area contributed by atoms with Crippen molar-refractivity contribution in [1.82, 2.24) is 19.6 Å². The van der Waals surface area contributed by atoms with E-state index in [9.17, 15) is 0 Å². The highest BCUT2D eigenvalue weighted by Crippen LogP contribution is 2.25. The summed E-state index contributed by atoms with van der Waals surface area (Å²) in [5, 5.41) is 8.02. The monoisotopic (exact) mass is 309 g/mol. The number of rotatable bonds is 6. The van der Waals surface area contributed by atoms with Gasteiger partial charge in [-0.3, -0.25) is 4.98 Å². The summed E-state index contributed by atoms with van der Waals surface area (Å²) in [6.45, 7) is 6.56. The zero-order valence-electron chi connectivity index (χ0n) is 13.9. The molecule has 0 saturated carbocycles. The number of hydrogen-bond donors (Lipinski definition) is 1. The van der Waals surface area contributed by atoms with Crippen molar-refractivity contribution in [2.75, 3.05) is 5.32 Å². The van der Waals surface area contributed by atoms with Crippen molar-refractivity contribution in [3.05, 3.63) is 54.1 Å². The molecule has 0 bridgehead atoms. The van der Waals surface area contributed by atoms with Crippen molar-refractivity contribution in [2.45, 2.75) is 39.7 Å². The Bertz CT molecular complexity index is 763. The number of nitrogens with one attached hydrogen (secondary N) is 1. The lowest BCUT2D eigenvalue weighted by Gasteiger charge is -2.23. The summed E-state index contributed by atoms with van der Waals surface area (Å²) < 4.78 is 1.86. The first-order valence-corrected chi connectivity index (χ1v) is 8.20. The topological polar surface area (TPSA) is 55.1 Å². The summed E-state index contributed by atoms with van der Waals surface area (Å²) in [6.07, 6.45) is 5.66. The van der Waals surface area contributed by atoms with E-state index in [0.717, 1.165) is 35.7 Å². The van der Waals surface area contributed by atoms with E-state index in [-0.39, 0.29) is 6.04 Å². The molecule has 1 atom stereocenters. The molecule has 3 rings (SSSR count). The lowest BCUT2D eigenvalue weighted by atomic mass is 10.0. The third-order valence-corrected chi connectivity index (χ3v) is 3.90. The number of anilines is 1. The van der Waals surface area contributed by atoms with Gasteiger partial charge in [-0.05, 0) is 24.5 Å². The quantitative estimate of drug-likeness (QED) is 0.750. The van der Waals surface area contributed by atoms with Gasteiger partial charge in [-0.2, -0.15) is 9.61 Å². The molecule has 1 N–H and O–H groups in total. The summed E-state index contributed by atoms with van der Waals surface area (Å²) in [4.78, 5) is 9.17. The molecule has 0 aliphatic heterocycles. The van der Waals surface area contributed by atoms with E-state index in [4.69, 9.17) is 0 Å². The molecule has 0 aliphatic rings. The molecule has 0 radical (unpaired) electrons. The summed E-state index contributed by atoms with van der Waals surface area (Å²) in [5.74, 6) is 1.37. The Hall–Kier alpha value is -2.43. The van der Waals surface area contributed by atoms with Gasteiger partial charge in [-0.25, -0.2) is 4.98 Å². The van der Waals surface area contributed by atoms with Crippen LogP contribution in [0.1, 0.15) is 44.6 Å². The molecule has 5 nitrogen and oxygen atoms in total. The minimum atomic E-state index is 0.125. The van der Waals surface area contributed by atoms with Crippen molar-refractivity contribution in [3.63, 3.8) is 0 Å². The minimum Gasteiger partial charge on any atom is -0.361 e. The number of fused-ring (bicyclic) bond motifs is 1. The number of nitrogens with zero attached hydrogens (tertiary/aromatic N) is 4. The Morgan fingerprint density at radius 3 is 2.74 bits per heavy atom. The second kappa shape index (κ2) is 6.77. The van der Waals surface area contributed by atoms with Crippen molar-refractivity contribution in [1.29, 1.82) is 0 Å². The standard InChI is InChI=1S/C18H23N5/c1-4-7-14-12-17(23-16(21-14)9-11-20-23)22-18(13(2)3)15-8-5-6-10-19-15/h5-6,8-13,18,22H,4,7H2,1-3H3. The van der Waals surface area contributed by atoms with Crippen molar-refractivity contribution >= 4 is 11.5 Å². The molecule has 1 unspecified atom stereocenters. The molecule has 0 fully saturated rings. The van der Waals surface area contributed by atoms with Crippen molar-refractivity contribution in [3.8, 4) is 0 Å². The Labute approximate surface area is 136 Å². The number of aryl methyl sites for hydroxylation is 1. The van der Waals surface area contributed by atoms with Gasteiger partial charge in [-0.1, -0.05) is 33.3 Å². The second-order valence-corrected chi connectivity index (χ2v) is 6.10. The molecule has 0 amide bonds. The number of aromatic nitrogens is 4. The van der Waals surface area contributed by atoms with Crippen LogP contribution in [0.25, 0.3) is 5.65 Å². The first-order chi connectivity index (χ1) is 11.2. The Balaban J connectivity index is 1.99. The highest BCUT2D eigenvalue weighted by molar-refractivity contribution is 5.50. The third-order valence-electron chi connectivity index (χ3n) is 3.90. The SMILES string of the molecule is CCCc1cc(NC(c2ccccn2)C(C)C)n2nccc2n1. The summed E-state index contributed by atoms with van der Waals surface area (Å²) in [7, 11) is 0. The average Bonchev–Trinajstić information content (AvgIpc) is 3.02. The van der Waals surface area contributed by atoms with Crippen LogP contribution in [0.4, 0.5) is 5.82 Å². The maximum absolute atomic E-state index is 4.66. The van der Waals surface area contributed by atoms with Crippen LogP contribution in [0.5, 0.6) is 0 Å². The van der Waals surface area contributed by atoms with Crippen LogP contribution in [-0.2, 0) is 6.42 Å². The van der Waals surface area contributed by atoms with Gasteiger partial charge in [0.15, 0.2) is 5.65 Å². The van der Waals surface area contributed by atoms with E-state index in [0.29, 0.717) is 5.92 Å². The molecule has 0 spiro atoms. The van der Waals surface area contributed by atoms with Gasteiger partial charge in [0.05, 0.1) is 17.9 Å². The molecule has 0 aromatic carbocycles. The fourth-order valence-electron chi connectivity index (χ4n) is 2.75. The lowest BCUT2D eigenvalue weighted by molar-refractivity contribution is 0.531. The molecule has 0 saturated heterocycles. The maximum Gasteiger partial charge on any atom is 0.157 e. The minimum absolute atomic E-state index is 0.125. The third kappa shape index (κ3) is 3.33. The van der Waals surface area contributed by atoms with Crippen LogP contribution in [0.2, 0.25) is 0 Å². The fourth-order valence-corrected chi connectivity index (χ4v) is 2.75. The lowest BCUT2D eigenvalue weighted by Crippen LogP contribution is -2.20. The first kappa shape index (κ1) is 15.5. The molecule has 5 heteroatoms. The average molecular weight is 309 g/mol. The molecule has 3 heterocycles. The van der Waals surface area contributed by atoms with Gasteiger partial charge in [0.25, 0.3) is 0 Å². The van der Waals surface area contributed by atoms with Crippen LogP contribution < -0.4 is 5.32 Å². The molecule has 3 aromatic heterocycles. The van der Waals surface area contributed by atoms with E-state index >= 15 is 0 Å². The van der Waals surface area contributed by atoms with Gasteiger partial charge in [0.2, 0.25) is 0 Å².